The lowest BCUT2D eigenvalue weighted by Crippen LogP contribution is -2.29. The highest BCUT2D eigenvalue weighted by Crippen LogP contribution is 2.42. The molecule has 1 aromatic heterocycles. The SMILES string of the molecule is Cc1cc(/C(O)=C2\C(=O)C(=O)N(Cc3cccs3)C2c2ccccc2C)ccc1OC(C)C. The minimum atomic E-state index is -0.669. The Bertz CT molecular complexity index is 1230. The normalized spacial score (nSPS) is 17.7. The molecule has 1 amide bonds. The second-order valence-electron chi connectivity index (χ2n) is 8.51. The molecular weight excluding hydrogens is 434 g/mol. The summed E-state index contributed by atoms with van der Waals surface area (Å²) in [7, 11) is 0. The maximum absolute atomic E-state index is 13.2. The summed E-state index contributed by atoms with van der Waals surface area (Å²) in [5.41, 5.74) is 3.21. The summed E-state index contributed by atoms with van der Waals surface area (Å²) in [5.74, 6) is -0.725. The highest BCUT2D eigenvalue weighted by Gasteiger charge is 2.46. The first-order valence-electron chi connectivity index (χ1n) is 10.9. The van der Waals surface area contributed by atoms with Crippen molar-refractivity contribution in [3.8, 4) is 5.75 Å². The first kappa shape index (κ1) is 22.8. The van der Waals surface area contributed by atoms with E-state index in [0.717, 1.165) is 27.3 Å². The number of likely N-dealkylation sites (tertiary alicyclic amines) is 1. The zero-order chi connectivity index (χ0) is 23.7. The number of aliphatic hydroxyl groups excluding tert-OH is 1. The topological polar surface area (TPSA) is 66.8 Å². The number of ether oxygens (including phenoxy) is 1. The summed E-state index contributed by atoms with van der Waals surface area (Å²) in [4.78, 5) is 28.9. The Kier molecular flexibility index (Phi) is 6.38. The van der Waals surface area contributed by atoms with Gasteiger partial charge in [-0.25, -0.2) is 0 Å². The summed E-state index contributed by atoms with van der Waals surface area (Å²) in [6.07, 6.45) is 0.0202. The van der Waals surface area contributed by atoms with Crippen molar-refractivity contribution in [3.63, 3.8) is 0 Å². The van der Waals surface area contributed by atoms with Gasteiger partial charge in [-0.05, 0) is 74.0 Å². The van der Waals surface area contributed by atoms with Crippen molar-refractivity contribution in [3.05, 3.63) is 92.7 Å². The average molecular weight is 462 g/mol. The first-order valence-corrected chi connectivity index (χ1v) is 11.8. The van der Waals surface area contributed by atoms with Crippen LogP contribution in [0.25, 0.3) is 5.76 Å². The van der Waals surface area contributed by atoms with Gasteiger partial charge in [0, 0.05) is 10.4 Å². The first-order chi connectivity index (χ1) is 15.8. The van der Waals surface area contributed by atoms with E-state index < -0.39 is 17.7 Å². The van der Waals surface area contributed by atoms with Gasteiger partial charge in [0.2, 0.25) is 0 Å². The van der Waals surface area contributed by atoms with E-state index in [4.69, 9.17) is 4.74 Å². The number of carbonyl (C=O) groups is 2. The van der Waals surface area contributed by atoms with Crippen LogP contribution in [-0.2, 0) is 16.1 Å². The second kappa shape index (κ2) is 9.24. The van der Waals surface area contributed by atoms with Gasteiger partial charge in [0.15, 0.2) is 0 Å². The van der Waals surface area contributed by atoms with Crippen LogP contribution in [0.2, 0.25) is 0 Å². The number of thiophene rings is 1. The molecule has 0 bridgehead atoms. The van der Waals surface area contributed by atoms with Gasteiger partial charge in [0.1, 0.15) is 11.5 Å². The number of aryl methyl sites for hydroxylation is 2. The van der Waals surface area contributed by atoms with Crippen LogP contribution in [0.3, 0.4) is 0 Å². The van der Waals surface area contributed by atoms with Crippen LogP contribution < -0.4 is 4.74 Å². The molecule has 3 aromatic rings. The Balaban J connectivity index is 1.84. The predicted octanol–water partition coefficient (Wildman–Crippen LogP) is 5.77. The van der Waals surface area contributed by atoms with E-state index in [0.29, 0.717) is 12.1 Å². The number of carbonyl (C=O) groups excluding carboxylic acids is 2. The van der Waals surface area contributed by atoms with Crippen molar-refractivity contribution in [2.75, 3.05) is 0 Å². The number of hydrogen-bond donors (Lipinski definition) is 1. The Morgan fingerprint density at radius 3 is 2.45 bits per heavy atom. The van der Waals surface area contributed by atoms with Crippen molar-refractivity contribution in [2.45, 2.75) is 46.4 Å². The highest BCUT2D eigenvalue weighted by molar-refractivity contribution is 7.09. The van der Waals surface area contributed by atoms with Crippen LogP contribution in [0.4, 0.5) is 0 Å². The van der Waals surface area contributed by atoms with E-state index in [2.05, 4.69) is 0 Å². The van der Waals surface area contributed by atoms with Crippen molar-refractivity contribution in [1.82, 2.24) is 4.90 Å². The maximum atomic E-state index is 13.2. The quantitative estimate of drug-likeness (QED) is 0.287. The lowest BCUT2D eigenvalue weighted by molar-refractivity contribution is -0.140. The number of hydrogen-bond acceptors (Lipinski definition) is 5. The third kappa shape index (κ3) is 4.44. The van der Waals surface area contributed by atoms with Crippen molar-refractivity contribution in [1.29, 1.82) is 0 Å². The van der Waals surface area contributed by atoms with E-state index in [-0.39, 0.29) is 17.4 Å². The van der Waals surface area contributed by atoms with Gasteiger partial charge in [0.05, 0.1) is 24.3 Å². The zero-order valence-electron chi connectivity index (χ0n) is 19.2. The molecule has 1 atom stereocenters. The van der Waals surface area contributed by atoms with E-state index in [1.807, 2.05) is 69.5 Å². The summed E-state index contributed by atoms with van der Waals surface area (Å²) < 4.78 is 5.80. The van der Waals surface area contributed by atoms with Crippen LogP contribution in [0.1, 0.15) is 47.0 Å². The molecule has 0 radical (unpaired) electrons. The van der Waals surface area contributed by atoms with E-state index in [9.17, 15) is 14.7 Å². The summed E-state index contributed by atoms with van der Waals surface area (Å²) in [6, 6.07) is 16.1. The zero-order valence-corrected chi connectivity index (χ0v) is 20.0. The van der Waals surface area contributed by atoms with Crippen molar-refractivity contribution in [2.24, 2.45) is 0 Å². The van der Waals surface area contributed by atoms with Crippen molar-refractivity contribution >= 4 is 28.8 Å². The van der Waals surface area contributed by atoms with Gasteiger partial charge >= 0.3 is 0 Å². The molecule has 1 unspecified atom stereocenters. The molecule has 1 aliphatic rings. The molecule has 1 saturated heterocycles. The summed E-state index contributed by atoms with van der Waals surface area (Å²) >= 11 is 1.53. The van der Waals surface area contributed by atoms with Gasteiger partial charge < -0.3 is 14.7 Å². The van der Waals surface area contributed by atoms with Gasteiger partial charge in [-0.15, -0.1) is 11.3 Å². The number of ketones is 1. The largest absolute Gasteiger partial charge is 0.507 e. The summed E-state index contributed by atoms with van der Waals surface area (Å²) in [6.45, 7) is 8.04. The minimum absolute atomic E-state index is 0.0202. The van der Waals surface area contributed by atoms with Gasteiger partial charge in [-0.1, -0.05) is 30.3 Å². The molecule has 0 aliphatic carbocycles. The number of Topliss-reactive ketones (excluding diaryl/α,β-unsaturated/α-hetero) is 1. The average Bonchev–Trinajstić information content (AvgIpc) is 3.37. The molecule has 4 rings (SSSR count). The van der Waals surface area contributed by atoms with Crippen LogP contribution >= 0.6 is 11.3 Å². The Hall–Kier alpha value is -3.38. The van der Waals surface area contributed by atoms with Crippen molar-refractivity contribution < 1.29 is 19.4 Å². The maximum Gasteiger partial charge on any atom is 0.295 e. The number of rotatable bonds is 6. The molecule has 170 valence electrons. The Labute approximate surface area is 197 Å². The molecule has 1 N–H and O–H groups in total. The number of amides is 1. The van der Waals surface area contributed by atoms with Gasteiger partial charge in [-0.2, -0.15) is 0 Å². The molecule has 1 aliphatic heterocycles. The molecular formula is C27H27NO4S. The number of benzene rings is 2. The lowest BCUT2D eigenvalue weighted by atomic mass is 9.92. The molecule has 33 heavy (non-hydrogen) atoms. The van der Waals surface area contributed by atoms with E-state index in [1.165, 1.54) is 11.3 Å². The molecule has 6 heteroatoms. The lowest BCUT2D eigenvalue weighted by Gasteiger charge is -2.26. The molecule has 0 saturated carbocycles. The molecule has 0 spiro atoms. The van der Waals surface area contributed by atoms with Crippen LogP contribution in [0, 0.1) is 13.8 Å². The third-order valence-electron chi connectivity index (χ3n) is 5.74. The van der Waals surface area contributed by atoms with Gasteiger partial charge in [-0.3, -0.25) is 9.59 Å². The second-order valence-corrected chi connectivity index (χ2v) is 9.54. The standard InChI is InChI=1S/C27H27NO4S/c1-16(2)32-22-12-11-19(14-18(22)4)25(29)23-24(21-10-6-5-8-17(21)3)28(27(31)26(23)30)15-20-9-7-13-33-20/h5-14,16,24,29H,15H2,1-4H3/b25-23+. The summed E-state index contributed by atoms with van der Waals surface area (Å²) in [5, 5.41) is 13.3. The molecule has 2 heterocycles. The highest BCUT2D eigenvalue weighted by atomic mass is 32.1. The smallest absolute Gasteiger partial charge is 0.295 e. The van der Waals surface area contributed by atoms with Crippen LogP contribution in [0.5, 0.6) is 5.75 Å². The fraction of sp³-hybridized carbons (Fsp3) is 0.259. The Morgan fingerprint density at radius 2 is 1.82 bits per heavy atom. The fourth-order valence-corrected chi connectivity index (χ4v) is 4.87. The van der Waals surface area contributed by atoms with Crippen LogP contribution in [-0.4, -0.2) is 27.8 Å². The number of nitrogens with zero attached hydrogens (tertiary/aromatic N) is 1. The number of aliphatic hydroxyl groups is 1. The monoisotopic (exact) mass is 461 g/mol. The van der Waals surface area contributed by atoms with E-state index >= 15 is 0 Å². The molecule has 1 fully saturated rings. The fourth-order valence-electron chi connectivity index (χ4n) is 4.17. The molecule has 5 nitrogen and oxygen atoms in total. The molecule has 2 aromatic carbocycles. The van der Waals surface area contributed by atoms with Gasteiger partial charge in [0.25, 0.3) is 11.7 Å². The predicted molar refractivity (Wildman–Crippen MR) is 130 cm³/mol. The third-order valence-corrected chi connectivity index (χ3v) is 6.60. The Morgan fingerprint density at radius 1 is 1.06 bits per heavy atom. The minimum Gasteiger partial charge on any atom is -0.507 e. The van der Waals surface area contributed by atoms with E-state index in [1.54, 1.807) is 23.1 Å². The van der Waals surface area contributed by atoms with Crippen LogP contribution in [0.15, 0.2) is 65.6 Å².